The smallest absolute Gasteiger partial charge is 0.368 e. The van der Waals surface area contributed by atoms with Crippen LogP contribution in [0.3, 0.4) is 0 Å². The number of aryl methyl sites for hydroxylation is 2. The number of piperazine rings is 1. The molecule has 3 aromatic rings. The van der Waals surface area contributed by atoms with Crippen molar-refractivity contribution in [1.29, 1.82) is 0 Å². The molecular formula is C23H22ClF3N4O2. The van der Waals surface area contributed by atoms with Gasteiger partial charge < -0.3 is 14.3 Å². The lowest BCUT2D eigenvalue weighted by Crippen LogP contribution is -2.49. The Morgan fingerprint density at radius 3 is 2.61 bits per heavy atom. The minimum Gasteiger partial charge on any atom is -0.368 e. The van der Waals surface area contributed by atoms with Crippen molar-refractivity contribution in [1.82, 2.24) is 15.0 Å². The maximum absolute atomic E-state index is 12.9. The SMILES string of the molecule is Cc1ccc(Cl)cc1N1CCN(C(=O)CCc2nc(-c3cccc(C(F)(F)F)c3)no2)CC1. The number of hydrogen-bond donors (Lipinski definition) is 0. The Morgan fingerprint density at radius 1 is 1.12 bits per heavy atom. The van der Waals surface area contributed by atoms with Gasteiger partial charge in [-0.1, -0.05) is 35.0 Å². The van der Waals surface area contributed by atoms with Crippen LogP contribution in [-0.4, -0.2) is 47.1 Å². The van der Waals surface area contributed by atoms with Crippen LogP contribution in [0, 0.1) is 6.92 Å². The molecule has 1 aromatic heterocycles. The Morgan fingerprint density at radius 2 is 1.88 bits per heavy atom. The first-order valence-electron chi connectivity index (χ1n) is 10.5. The van der Waals surface area contributed by atoms with E-state index in [-0.39, 0.29) is 36.0 Å². The summed E-state index contributed by atoms with van der Waals surface area (Å²) in [5.74, 6) is 0.245. The highest BCUT2D eigenvalue weighted by atomic mass is 35.5. The first kappa shape index (κ1) is 23.1. The summed E-state index contributed by atoms with van der Waals surface area (Å²) in [6.45, 7) is 4.61. The second-order valence-corrected chi connectivity index (χ2v) is 8.33. The molecule has 1 amide bonds. The molecule has 6 nitrogen and oxygen atoms in total. The molecule has 0 unspecified atom stereocenters. The molecule has 1 aliphatic rings. The van der Waals surface area contributed by atoms with Gasteiger partial charge in [0.15, 0.2) is 0 Å². The van der Waals surface area contributed by atoms with E-state index in [1.807, 2.05) is 25.1 Å². The maximum atomic E-state index is 12.9. The average Bonchev–Trinajstić information content (AvgIpc) is 3.28. The predicted molar refractivity (Wildman–Crippen MR) is 118 cm³/mol. The monoisotopic (exact) mass is 478 g/mol. The van der Waals surface area contributed by atoms with Crippen molar-refractivity contribution in [2.45, 2.75) is 25.9 Å². The number of halogens is 4. The van der Waals surface area contributed by atoms with Crippen LogP contribution in [0.15, 0.2) is 47.0 Å². The number of carbonyl (C=O) groups is 1. The molecule has 0 radical (unpaired) electrons. The molecule has 1 fully saturated rings. The van der Waals surface area contributed by atoms with Crippen LogP contribution < -0.4 is 4.90 Å². The molecule has 0 aliphatic carbocycles. The van der Waals surface area contributed by atoms with Crippen LogP contribution in [-0.2, 0) is 17.4 Å². The largest absolute Gasteiger partial charge is 0.416 e. The molecule has 0 saturated carbocycles. The molecule has 1 saturated heterocycles. The first-order chi connectivity index (χ1) is 15.7. The van der Waals surface area contributed by atoms with Crippen molar-refractivity contribution in [3.8, 4) is 11.4 Å². The minimum atomic E-state index is -4.45. The lowest BCUT2D eigenvalue weighted by Gasteiger charge is -2.37. The number of anilines is 1. The van der Waals surface area contributed by atoms with E-state index in [1.54, 1.807) is 4.90 Å². The zero-order chi connectivity index (χ0) is 23.6. The minimum absolute atomic E-state index is 0.0312. The van der Waals surface area contributed by atoms with Gasteiger partial charge in [-0.15, -0.1) is 0 Å². The summed E-state index contributed by atoms with van der Waals surface area (Å²) < 4.78 is 43.9. The van der Waals surface area contributed by atoms with Gasteiger partial charge in [-0.3, -0.25) is 4.79 Å². The van der Waals surface area contributed by atoms with E-state index in [0.717, 1.165) is 23.4 Å². The Bertz CT molecular complexity index is 1140. The summed E-state index contributed by atoms with van der Waals surface area (Å²) in [5.41, 5.74) is 1.63. The highest BCUT2D eigenvalue weighted by molar-refractivity contribution is 6.30. The highest BCUT2D eigenvalue weighted by Crippen LogP contribution is 2.31. The summed E-state index contributed by atoms with van der Waals surface area (Å²) >= 11 is 6.12. The zero-order valence-electron chi connectivity index (χ0n) is 17.9. The van der Waals surface area contributed by atoms with Gasteiger partial charge in [-0.25, -0.2) is 0 Å². The van der Waals surface area contributed by atoms with E-state index < -0.39 is 11.7 Å². The van der Waals surface area contributed by atoms with Crippen molar-refractivity contribution in [2.24, 2.45) is 0 Å². The van der Waals surface area contributed by atoms with Gasteiger partial charge in [0.05, 0.1) is 5.56 Å². The standard InChI is InChI=1S/C23H22ClF3N4O2/c1-15-5-6-18(24)14-19(15)30-9-11-31(12-10-30)21(32)8-7-20-28-22(29-33-20)16-3-2-4-17(13-16)23(25,26)27/h2-6,13-14H,7-12H2,1H3. The number of rotatable bonds is 5. The fraction of sp³-hybridized carbons (Fsp3) is 0.348. The van der Waals surface area contributed by atoms with Gasteiger partial charge in [-0.2, -0.15) is 18.2 Å². The van der Waals surface area contributed by atoms with E-state index in [4.69, 9.17) is 16.1 Å². The third-order valence-electron chi connectivity index (χ3n) is 5.61. The topological polar surface area (TPSA) is 62.5 Å². The van der Waals surface area contributed by atoms with Gasteiger partial charge in [-0.05, 0) is 36.8 Å². The Balaban J connectivity index is 1.31. The summed E-state index contributed by atoms with van der Waals surface area (Å²) in [6.07, 6.45) is -4.05. The average molecular weight is 479 g/mol. The van der Waals surface area contributed by atoms with Crippen LogP contribution in [0.1, 0.15) is 23.4 Å². The maximum Gasteiger partial charge on any atom is 0.416 e. The molecule has 0 N–H and O–H groups in total. The lowest BCUT2D eigenvalue weighted by atomic mass is 10.1. The molecule has 0 spiro atoms. The van der Waals surface area contributed by atoms with Gasteiger partial charge in [0.1, 0.15) is 0 Å². The summed E-state index contributed by atoms with van der Waals surface area (Å²) in [6, 6.07) is 10.5. The van der Waals surface area contributed by atoms with E-state index in [1.165, 1.54) is 12.1 Å². The molecule has 2 aromatic carbocycles. The molecule has 1 aliphatic heterocycles. The van der Waals surface area contributed by atoms with E-state index in [9.17, 15) is 18.0 Å². The molecule has 0 bridgehead atoms. The van der Waals surface area contributed by atoms with E-state index in [0.29, 0.717) is 31.2 Å². The summed E-state index contributed by atoms with van der Waals surface area (Å²) in [4.78, 5) is 20.8. The van der Waals surface area contributed by atoms with Gasteiger partial charge >= 0.3 is 6.18 Å². The fourth-order valence-electron chi connectivity index (χ4n) is 3.80. The Labute approximate surface area is 193 Å². The van der Waals surface area contributed by atoms with Gasteiger partial charge in [0.2, 0.25) is 17.6 Å². The summed E-state index contributed by atoms with van der Waals surface area (Å²) in [7, 11) is 0. The van der Waals surface area contributed by atoms with Crippen molar-refractivity contribution < 1.29 is 22.5 Å². The van der Waals surface area contributed by atoms with E-state index >= 15 is 0 Å². The van der Waals surface area contributed by atoms with Crippen LogP contribution in [0.4, 0.5) is 18.9 Å². The second-order valence-electron chi connectivity index (χ2n) is 7.89. The van der Waals surface area contributed by atoms with Crippen molar-refractivity contribution in [2.75, 3.05) is 31.1 Å². The van der Waals surface area contributed by atoms with Crippen LogP contribution in [0.25, 0.3) is 11.4 Å². The molecule has 2 heterocycles. The third-order valence-corrected chi connectivity index (χ3v) is 5.85. The van der Waals surface area contributed by atoms with Gasteiger partial charge in [0.25, 0.3) is 0 Å². The quantitative estimate of drug-likeness (QED) is 0.516. The number of carbonyl (C=O) groups excluding carboxylic acids is 1. The number of benzene rings is 2. The van der Waals surface area contributed by atoms with Crippen molar-refractivity contribution in [3.05, 3.63) is 64.5 Å². The van der Waals surface area contributed by atoms with E-state index in [2.05, 4.69) is 15.0 Å². The lowest BCUT2D eigenvalue weighted by molar-refractivity contribution is -0.137. The van der Waals surface area contributed by atoms with Crippen molar-refractivity contribution >= 4 is 23.2 Å². The third kappa shape index (κ3) is 5.47. The zero-order valence-corrected chi connectivity index (χ0v) is 18.7. The number of alkyl halides is 3. The molecule has 4 rings (SSSR count). The van der Waals surface area contributed by atoms with Crippen LogP contribution >= 0.6 is 11.6 Å². The van der Waals surface area contributed by atoms with Gasteiger partial charge in [0, 0.05) is 55.3 Å². The number of amides is 1. The normalized spacial score (nSPS) is 14.6. The summed E-state index contributed by atoms with van der Waals surface area (Å²) in [5, 5.41) is 4.44. The molecule has 174 valence electrons. The molecule has 33 heavy (non-hydrogen) atoms. The van der Waals surface area contributed by atoms with Crippen molar-refractivity contribution in [3.63, 3.8) is 0 Å². The van der Waals surface area contributed by atoms with Crippen LogP contribution in [0.5, 0.6) is 0 Å². The Kier molecular flexibility index (Phi) is 6.60. The molecule has 10 heteroatoms. The van der Waals surface area contributed by atoms with Crippen LogP contribution in [0.2, 0.25) is 5.02 Å². The predicted octanol–water partition coefficient (Wildman–Crippen LogP) is 5.00. The fourth-order valence-corrected chi connectivity index (χ4v) is 3.97. The molecular weight excluding hydrogens is 457 g/mol. The Hall–Kier alpha value is -3.07. The number of hydrogen-bond acceptors (Lipinski definition) is 5. The highest BCUT2D eigenvalue weighted by Gasteiger charge is 2.31. The molecule has 0 atom stereocenters. The first-order valence-corrected chi connectivity index (χ1v) is 10.9. The second kappa shape index (κ2) is 9.43. The number of aromatic nitrogens is 2. The number of nitrogens with zero attached hydrogens (tertiary/aromatic N) is 4.